The maximum Gasteiger partial charge on any atom is 0.142 e. The predicted molar refractivity (Wildman–Crippen MR) is 76.0 cm³/mol. The van der Waals surface area contributed by atoms with Crippen LogP contribution in [0.2, 0.25) is 0 Å². The quantitative estimate of drug-likeness (QED) is 0.890. The first-order chi connectivity index (χ1) is 9.28. The van der Waals surface area contributed by atoms with Crippen LogP contribution >= 0.6 is 0 Å². The van der Waals surface area contributed by atoms with Gasteiger partial charge in [-0.3, -0.25) is 0 Å². The molecule has 0 aliphatic carbocycles. The normalized spacial score (nSPS) is 17.1. The lowest BCUT2D eigenvalue weighted by Gasteiger charge is -2.29. The van der Waals surface area contributed by atoms with Gasteiger partial charge in [0, 0.05) is 5.56 Å². The van der Waals surface area contributed by atoms with Crippen LogP contribution in [0, 0.1) is 6.92 Å². The highest BCUT2D eigenvalue weighted by Gasteiger charge is 2.22. The zero-order chi connectivity index (χ0) is 13.2. The van der Waals surface area contributed by atoms with E-state index in [1.165, 1.54) is 5.56 Å². The fourth-order valence-electron chi connectivity index (χ4n) is 2.41. The number of benzene rings is 2. The first-order valence-corrected chi connectivity index (χ1v) is 6.41. The van der Waals surface area contributed by atoms with Crippen LogP contribution in [-0.2, 0) is 0 Å². The SMILES string of the molecule is COc1ccccc1C1COc2ccc(C)cc2N1. The predicted octanol–water partition coefficient (Wildman–Crippen LogP) is 3.55. The first kappa shape index (κ1) is 11.9. The Kier molecular flexibility index (Phi) is 3.03. The van der Waals surface area contributed by atoms with Crippen molar-refractivity contribution in [1.82, 2.24) is 0 Å². The number of rotatable bonds is 2. The Morgan fingerprint density at radius 2 is 2.05 bits per heavy atom. The molecule has 0 radical (unpaired) electrons. The highest BCUT2D eigenvalue weighted by atomic mass is 16.5. The smallest absolute Gasteiger partial charge is 0.142 e. The Morgan fingerprint density at radius 1 is 1.21 bits per heavy atom. The van der Waals surface area contributed by atoms with Gasteiger partial charge < -0.3 is 14.8 Å². The standard InChI is InChI=1S/C16H17NO2/c1-11-7-8-16-13(9-11)17-14(10-19-16)12-5-3-4-6-15(12)18-2/h3-9,14,17H,10H2,1-2H3. The van der Waals surface area contributed by atoms with Crippen molar-refractivity contribution < 1.29 is 9.47 Å². The van der Waals surface area contributed by atoms with Crippen molar-refractivity contribution in [3.63, 3.8) is 0 Å². The molecule has 3 nitrogen and oxygen atoms in total. The molecule has 2 aromatic carbocycles. The van der Waals surface area contributed by atoms with E-state index < -0.39 is 0 Å². The molecule has 0 bridgehead atoms. The lowest BCUT2D eigenvalue weighted by atomic mass is 10.0. The second-order valence-electron chi connectivity index (χ2n) is 4.75. The van der Waals surface area contributed by atoms with Crippen molar-refractivity contribution in [2.24, 2.45) is 0 Å². The van der Waals surface area contributed by atoms with Gasteiger partial charge in [0.15, 0.2) is 0 Å². The molecule has 0 saturated heterocycles. The van der Waals surface area contributed by atoms with Gasteiger partial charge in [0.2, 0.25) is 0 Å². The minimum Gasteiger partial charge on any atom is -0.496 e. The van der Waals surface area contributed by atoms with E-state index in [1.54, 1.807) is 7.11 Å². The summed E-state index contributed by atoms with van der Waals surface area (Å²) in [5.74, 6) is 1.80. The van der Waals surface area contributed by atoms with E-state index in [4.69, 9.17) is 9.47 Å². The van der Waals surface area contributed by atoms with Gasteiger partial charge in [-0.15, -0.1) is 0 Å². The number of hydrogen-bond donors (Lipinski definition) is 1. The van der Waals surface area contributed by atoms with Crippen LogP contribution in [-0.4, -0.2) is 13.7 Å². The molecule has 3 rings (SSSR count). The summed E-state index contributed by atoms with van der Waals surface area (Å²) in [6, 6.07) is 14.3. The van der Waals surface area contributed by atoms with E-state index in [0.717, 1.165) is 22.7 Å². The van der Waals surface area contributed by atoms with Crippen molar-refractivity contribution in [2.75, 3.05) is 19.0 Å². The third-order valence-electron chi connectivity index (χ3n) is 3.38. The molecule has 1 N–H and O–H groups in total. The lowest BCUT2D eigenvalue weighted by Crippen LogP contribution is -2.24. The second-order valence-corrected chi connectivity index (χ2v) is 4.75. The summed E-state index contributed by atoms with van der Waals surface area (Å²) in [5.41, 5.74) is 3.38. The number of methoxy groups -OCH3 is 1. The Bertz CT molecular complexity index is 595. The summed E-state index contributed by atoms with van der Waals surface area (Å²) in [7, 11) is 1.70. The number of anilines is 1. The van der Waals surface area contributed by atoms with Gasteiger partial charge in [0.25, 0.3) is 0 Å². The zero-order valence-electron chi connectivity index (χ0n) is 11.1. The minimum absolute atomic E-state index is 0.116. The number of aryl methyl sites for hydroxylation is 1. The maximum atomic E-state index is 5.83. The third kappa shape index (κ3) is 2.24. The van der Waals surface area contributed by atoms with Gasteiger partial charge >= 0.3 is 0 Å². The van der Waals surface area contributed by atoms with E-state index in [-0.39, 0.29) is 6.04 Å². The Hall–Kier alpha value is -2.16. The second kappa shape index (κ2) is 4.84. The van der Waals surface area contributed by atoms with Gasteiger partial charge in [-0.05, 0) is 30.7 Å². The largest absolute Gasteiger partial charge is 0.496 e. The molecule has 19 heavy (non-hydrogen) atoms. The highest BCUT2D eigenvalue weighted by molar-refractivity contribution is 5.61. The molecular formula is C16H17NO2. The summed E-state index contributed by atoms with van der Waals surface area (Å²) >= 11 is 0. The first-order valence-electron chi connectivity index (χ1n) is 6.41. The summed E-state index contributed by atoms with van der Waals surface area (Å²) in [6.07, 6.45) is 0. The van der Waals surface area contributed by atoms with E-state index >= 15 is 0 Å². The van der Waals surface area contributed by atoms with E-state index in [0.29, 0.717) is 6.61 Å². The van der Waals surface area contributed by atoms with E-state index in [1.807, 2.05) is 24.3 Å². The third-order valence-corrected chi connectivity index (χ3v) is 3.38. The number of hydrogen-bond acceptors (Lipinski definition) is 3. The average Bonchev–Trinajstić information content (AvgIpc) is 2.46. The molecule has 1 atom stereocenters. The molecule has 1 aliphatic rings. The van der Waals surface area contributed by atoms with Crippen molar-refractivity contribution in [3.05, 3.63) is 53.6 Å². The Balaban J connectivity index is 1.93. The zero-order valence-corrected chi connectivity index (χ0v) is 11.1. The minimum atomic E-state index is 0.116. The van der Waals surface area contributed by atoms with E-state index in [2.05, 4.69) is 30.4 Å². The van der Waals surface area contributed by atoms with Crippen LogP contribution in [0.3, 0.4) is 0 Å². The molecule has 1 unspecified atom stereocenters. The van der Waals surface area contributed by atoms with Crippen molar-refractivity contribution in [1.29, 1.82) is 0 Å². The molecule has 2 aromatic rings. The van der Waals surface area contributed by atoms with Gasteiger partial charge in [-0.25, -0.2) is 0 Å². The number of fused-ring (bicyclic) bond motifs is 1. The van der Waals surface area contributed by atoms with Crippen LogP contribution in [0.25, 0.3) is 0 Å². The maximum absolute atomic E-state index is 5.83. The monoisotopic (exact) mass is 255 g/mol. The lowest BCUT2D eigenvalue weighted by molar-refractivity contribution is 0.282. The molecule has 0 amide bonds. The van der Waals surface area contributed by atoms with Gasteiger partial charge in [0.1, 0.15) is 18.1 Å². The Morgan fingerprint density at radius 3 is 2.89 bits per heavy atom. The molecule has 1 heterocycles. The van der Waals surface area contributed by atoms with Gasteiger partial charge in [-0.2, -0.15) is 0 Å². The molecule has 0 aromatic heterocycles. The number of para-hydroxylation sites is 1. The summed E-state index contributed by atoms with van der Waals surface area (Å²) < 4.78 is 11.2. The molecule has 0 spiro atoms. The molecule has 0 fully saturated rings. The summed E-state index contributed by atoms with van der Waals surface area (Å²) in [6.45, 7) is 2.69. The van der Waals surface area contributed by atoms with Gasteiger partial charge in [0.05, 0.1) is 18.8 Å². The molecular weight excluding hydrogens is 238 g/mol. The highest BCUT2D eigenvalue weighted by Crippen LogP contribution is 2.36. The molecule has 1 aliphatic heterocycles. The number of nitrogens with one attached hydrogen (secondary N) is 1. The molecule has 0 saturated carbocycles. The fraction of sp³-hybridized carbons (Fsp3) is 0.250. The van der Waals surface area contributed by atoms with E-state index in [9.17, 15) is 0 Å². The van der Waals surface area contributed by atoms with Crippen molar-refractivity contribution in [3.8, 4) is 11.5 Å². The molecule has 3 heteroatoms. The average molecular weight is 255 g/mol. The van der Waals surface area contributed by atoms with Crippen LogP contribution in [0.15, 0.2) is 42.5 Å². The van der Waals surface area contributed by atoms with Gasteiger partial charge in [-0.1, -0.05) is 24.3 Å². The summed E-state index contributed by atoms with van der Waals surface area (Å²) in [4.78, 5) is 0. The van der Waals surface area contributed by atoms with Crippen LogP contribution in [0.5, 0.6) is 11.5 Å². The summed E-state index contributed by atoms with van der Waals surface area (Å²) in [5, 5.41) is 3.52. The number of ether oxygens (including phenoxy) is 2. The Labute approximate surface area is 113 Å². The van der Waals surface area contributed by atoms with Crippen LogP contribution in [0.1, 0.15) is 17.2 Å². The van der Waals surface area contributed by atoms with Crippen LogP contribution < -0.4 is 14.8 Å². The van der Waals surface area contributed by atoms with Crippen molar-refractivity contribution in [2.45, 2.75) is 13.0 Å². The van der Waals surface area contributed by atoms with Crippen LogP contribution in [0.4, 0.5) is 5.69 Å². The fourth-order valence-corrected chi connectivity index (χ4v) is 2.41. The topological polar surface area (TPSA) is 30.5 Å². The molecule has 98 valence electrons. The van der Waals surface area contributed by atoms with Crippen molar-refractivity contribution >= 4 is 5.69 Å².